The van der Waals surface area contributed by atoms with Gasteiger partial charge in [0, 0.05) is 0 Å². The Kier molecular flexibility index (Phi) is 5.31. The van der Waals surface area contributed by atoms with Gasteiger partial charge in [0.1, 0.15) is 5.56 Å². The molecular formula is C12H15ClF3NO2. The number of aryl methyl sites for hydroxylation is 1. The Morgan fingerprint density at radius 2 is 2.00 bits per heavy atom. The fraction of sp³-hybridized carbons (Fsp3) is 0.500. The number of hydrogen-bond donors (Lipinski definition) is 1. The molecule has 1 aliphatic heterocycles. The van der Waals surface area contributed by atoms with Crippen LogP contribution >= 0.6 is 12.4 Å². The molecule has 0 unspecified atom stereocenters. The Labute approximate surface area is 115 Å². The van der Waals surface area contributed by atoms with Crippen molar-refractivity contribution in [2.24, 2.45) is 0 Å². The van der Waals surface area contributed by atoms with Gasteiger partial charge in [0.05, 0.1) is 0 Å². The second-order valence-corrected chi connectivity index (χ2v) is 4.08. The van der Waals surface area contributed by atoms with Crippen LogP contribution in [0.1, 0.15) is 17.5 Å². The first-order valence-corrected chi connectivity index (χ1v) is 5.66. The van der Waals surface area contributed by atoms with E-state index in [9.17, 15) is 13.2 Å². The van der Waals surface area contributed by atoms with Gasteiger partial charge in [-0.05, 0) is 44.1 Å². The third-order valence-electron chi connectivity index (χ3n) is 2.73. The van der Waals surface area contributed by atoms with Gasteiger partial charge in [0.15, 0.2) is 11.5 Å². The van der Waals surface area contributed by atoms with Gasteiger partial charge in [-0.3, -0.25) is 0 Å². The minimum Gasteiger partial charge on any atom is -0.454 e. The van der Waals surface area contributed by atoms with Crippen LogP contribution in [0.5, 0.6) is 11.5 Å². The van der Waals surface area contributed by atoms with Gasteiger partial charge in [-0.25, -0.2) is 0 Å². The highest BCUT2D eigenvalue weighted by Crippen LogP contribution is 2.44. The molecule has 0 fully saturated rings. The number of ether oxygens (including phenoxy) is 2. The van der Waals surface area contributed by atoms with Gasteiger partial charge in [-0.15, -0.1) is 12.4 Å². The number of fused-ring (bicyclic) bond motifs is 1. The maximum atomic E-state index is 12.9. The molecule has 0 aliphatic carbocycles. The number of halogens is 4. The summed E-state index contributed by atoms with van der Waals surface area (Å²) in [6, 6.07) is 2.76. The van der Waals surface area contributed by atoms with Gasteiger partial charge in [0.2, 0.25) is 6.79 Å². The zero-order valence-corrected chi connectivity index (χ0v) is 11.2. The normalized spacial score (nSPS) is 13.3. The Morgan fingerprint density at radius 3 is 2.63 bits per heavy atom. The predicted molar refractivity (Wildman–Crippen MR) is 67.1 cm³/mol. The molecule has 3 nitrogen and oxygen atoms in total. The first-order chi connectivity index (χ1) is 8.52. The predicted octanol–water partition coefficient (Wildman–Crippen LogP) is 3.01. The van der Waals surface area contributed by atoms with E-state index in [0.717, 1.165) is 19.0 Å². The summed E-state index contributed by atoms with van der Waals surface area (Å²) in [7, 11) is 1.81. The quantitative estimate of drug-likeness (QED) is 0.867. The molecule has 0 atom stereocenters. The molecule has 0 spiro atoms. The summed E-state index contributed by atoms with van der Waals surface area (Å²) in [6.07, 6.45) is -3.08. The highest BCUT2D eigenvalue weighted by Gasteiger charge is 2.38. The molecule has 7 heteroatoms. The number of alkyl halides is 3. The van der Waals surface area contributed by atoms with Gasteiger partial charge < -0.3 is 14.8 Å². The Balaban J connectivity index is 0.00000180. The summed E-state index contributed by atoms with van der Waals surface area (Å²) >= 11 is 0. The molecule has 0 saturated heterocycles. The molecule has 1 aliphatic rings. The Bertz CT molecular complexity index is 438. The Hall–Kier alpha value is -1.14. The lowest BCUT2D eigenvalue weighted by Crippen LogP contribution is -2.10. The third kappa shape index (κ3) is 3.67. The third-order valence-corrected chi connectivity index (χ3v) is 2.73. The van der Waals surface area contributed by atoms with Crippen LogP contribution in [0.2, 0.25) is 0 Å². The molecule has 0 saturated carbocycles. The van der Waals surface area contributed by atoms with E-state index in [2.05, 4.69) is 5.32 Å². The van der Waals surface area contributed by atoms with Crippen molar-refractivity contribution < 1.29 is 22.6 Å². The number of hydrogen-bond acceptors (Lipinski definition) is 3. The molecule has 108 valence electrons. The highest BCUT2D eigenvalue weighted by molar-refractivity contribution is 5.85. The lowest BCUT2D eigenvalue weighted by molar-refractivity contribution is -0.138. The van der Waals surface area contributed by atoms with Crippen molar-refractivity contribution in [1.82, 2.24) is 5.32 Å². The second kappa shape index (κ2) is 6.34. The zero-order chi connectivity index (χ0) is 13.2. The van der Waals surface area contributed by atoms with Crippen LogP contribution in [0.4, 0.5) is 13.2 Å². The molecule has 0 radical (unpaired) electrons. The van der Waals surface area contributed by atoms with Gasteiger partial charge in [-0.1, -0.05) is 0 Å². The van der Waals surface area contributed by atoms with E-state index in [1.165, 1.54) is 0 Å². The molecular weight excluding hydrogens is 283 g/mol. The highest BCUT2D eigenvalue weighted by atomic mass is 35.5. The minimum atomic E-state index is -4.42. The van der Waals surface area contributed by atoms with Crippen molar-refractivity contribution in [3.63, 3.8) is 0 Å². The van der Waals surface area contributed by atoms with E-state index in [0.29, 0.717) is 12.0 Å². The topological polar surface area (TPSA) is 30.5 Å². The van der Waals surface area contributed by atoms with Gasteiger partial charge in [-0.2, -0.15) is 13.2 Å². The van der Waals surface area contributed by atoms with E-state index in [-0.39, 0.29) is 30.7 Å². The van der Waals surface area contributed by atoms with Crippen LogP contribution in [0, 0.1) is 0 Å². The van der Waals surface area contributed by atoms with Crippen LogP contribution in [-0.4, -0.2) is 20.4 Å². The van der Waals surface area contributed by atoms with Crippen molar-refractivity contribution in [3.8, 4) is 11.5 Å². The summed E-state index contributed by atoms with van der Waals surface area (Å²) in [4.78, 5) is 0. The van der Waals surface area contributed by atoms with E-state index in [4.69, 9.17) is 9.47 Å². The molecule has 1 heterocycles. The van der Waals surface area contributed by atoms with E-state index in [1.807, 2.05) is 0 Å². The molecule has 19 heavy (non-hydrogen) atoms. The fourth-order valence-electron chi connectivity index (χ4n) is 1.89. The van der Waals surface area contributed by atoms with Crippen LogP contribution in [0.15, 0.2) is 12.1 Å². The van der Waals surface area contributed by atoms with E-state index in [1.54, 1.807) is 13.1 Å². The molecule has 1 aromatic rings. The van der Waals surface area contributed by atoms with Crippen molar-refractivity contribution in [3.05, 3.63) is 23.3 Å². The zero-order valence-electron chi connectivity index (χ0n) is 10.3. The SMILES string of the molecule is CNCCCc1cc2c(c(C(F)(F)F)c1)OCO2.Cl. The van der Waals surface area contributed by atoms with Gasteiger partial charge in [0.25, 0.3) is 0 Å². The molecule has 0 aromatic heterocycles. The molecule has 2 rings (SSSR count). The summed E-state index contributed by atoms with van der Waals surface area (Å²) in [5, 5.41) is 2.96. The lowest BCUT2D eigenvalue weighted by Gasteiger charge is -2.12. The van der Waals surface area contributed by atoms with Crippen LogP contribution in [0.25, 0.3) is 0 Å². The number of nitrogens with one attached hydrogen (secondary N) is 1. The van der Waals surface area contributed by atoms with Crippen molar-refractivity contribution in [1.29, 1.82) is 0 Å². The van der Waals surface area contributed by atoms with Crippen molar-refractivity contribution in [2.75, 3.05) is 20.4 Å². The number of benzene rings is 1. The van der Waals surface area contributed by atoms with Crippen molar-refractivity contribution >= 4 is 12.4 Å². The first-order valence-electron chi connectivity index (χ1n) is 5.66. The van der Waals surface area contributed by atoms with E-state index < -0.39 is 11.7 Å². The fourth-order valence-corrected chi connectivity index (χ4v) is 1.89. The summed E-state index contributed by atoms with van der Waals surface area (Å²) in [6.45, 7) is 0.605. The molecule has 1 aromatic carbocycles. The molecule has 1 N–H and O–H groups in total. The monoisotopic (exact) mass is 297 g/mol. The largest absolute Gasteiger partial charge is 0.454 e. The smallest absolute Gasteiger partial charge is 0.420 e. The lowest BCUT2D eigenvalue weighted by atomic mass is 10.0. The summed E-state index contributed by atoms with van der Waals surface area (Å²) in [5.41, 5.74) is -0.140. The second-order valence-electron chi connectivity index (χ2n) is 4.08. The maximum Gasteiger partial charge on any atom is 0.420 e. The molecule has 0 bridgehead atoms. The number of rotatable bonds is 4. The minimum absolute atomic E-state index is 0. The first kappa shape index (κ1) is 15.9. The standard InChI is InChI=1S/C12H14F3NO2.ClH/c1-16-4-2-3-8-5-9(12(13,14)15)11-10(6-8)17-7-18-11;/h5-6,16H,2-4,7H2,1H3;1H. The average molecular weight is 298 g/mol. The van der Waals surface area contributed by atoms with Crippen LogP contribution in [-0.2, 0) is 12.6 Å². The summed E-state index contributed by atoms with van der Waals surface area (Å²) in [5.74, 6) is -0.0100. The Morgan fingerprint density at radius 1 is 1.26 bits per heavy atom. The molecule has 0 amide bonds. The van der Waals surface area contributed by atoms with Crippen molar-refractivity contribution in [2.45, 2.75) is 19.0 Å². The maximum absolute atomic E-state index is 12.9. The average Bonchev–Trinajstić information content (AvgIpc) is 2.74. The van der Waals surface area contributed by atoms with Crippen LogP contribution < -0.4 is 14.8 Å². The van der Waals surface area contributed by atoms with Gasteiger partial charge >= 0.3 is 6.18 Å². The van der Waals surface area contributed by atoms with Crippen LogP contribution in [0.3, 0.4) is 0 Å². The van der Waals surface area contributed by atoms with E-state index >= 15 is 0 Å². The summed E-state index contributed by atoms with van der Waals surface area (Å²) < 4.78 is 48.5.